The molecule has 122 valence electrons. The predicted octanol–water partition coefficient (Wildman–Crippen LogP) is 2.02. The van der Waals surface area contributed by atoms with Crippen LogP contribution >= 0.6 is 11.3 Å². The zero-order valence-electron chi connectivity index (χ0n) is 13.4. The topological polar surface area (TPSA) is 65.5 Å². The smallest absolute Gasteiger partial charge is 0.251 e. The Morgan fingerprint density at radius 3 is 2.78 bits per heavy atom. The van der Waals surface area contributed by atoms with E-state index in [4.69, 9.17) is 0 Å². The van der Waals surface area contributed by atoms with Crippen molar-refractivity contribution in [3.63, 3.8) is 0 Å². The molecule has 0 fully saturated rings. The molecule has 0 radical (unpaired) electrons. The van der Waals surface area contributed by atoms with Crippen LogP contribution in [0.25, 0.3) is 0 Å². The highest BCUT2D eigenvalue weighted by Crippen LogP contribution is 2.06. The number of amides is 1. The molecule has 2 rings (SSSR count). The van der Waals surface area contributed by atoms with Gasteiger partial charge < -0.3 is 16.0 Å². The second-order valence-corrected chi connectivity index (χ2v) is 5.79. The van der Waals surface area contributed by atoms with Gasteiger partial charge in [-0.3, -0.25) is 9.79 Å². The van der Waals surface area contributed by atoms with Crippen LogP contribution in [0.5, 0.6) is 0 Å². The molecule has 0 bridgehead atoms. The molecular formula is C17H22N4OS. The molecule has 0 saturated carbocycles. The summed E-state index contributed by atoms with van der Waals surface area (Å²) < 4.78 is 0. The number of hydrogen-bond acceptors (Lipinski definition) is 3. The summed E-state index contributed by atoms with van der Waals surface area (Å²) >= 11 is 1.69. The number of nitrogens with zero attached hydrogens (tertiary/aromatic N) is 1. The Morgan fingerprint density at radius 2 is 2.09 bits per heavy atom. The van der Waals surface area contributed by atoms with Gasteiger partial charge in [-0.05, 0) is 46.5 Å². The Kier molecular flexibility index (Phi) is 6.62. The zero-order valence-corrected chi connectivity index (χ0v) is 14.2. The minimum atomic E-state index is -0.0620. The Morgan fingerprint density at radius 1 is 1.22 bits per heavy atom. The van der Waals surface area contributed by atoms with Crippen molar-refractivity contribution in [1.29, 1.82) is 0 Å². The Hall–Kier alpha value is -2.34. The summed E-state index contributed by atoms with van der Waals surface area (Å²) in [6, 6.07) is 9.76. The van der Waals surface area contributed by atoms with Gasteiger partial charge in [-0.2, -0.15) is 11.3 Å². The molecule has 0 spiro atoms. The number of carbonyl (C=O) groups excluding carboxylic acids is 1. The number of thiophene rings is 1. The van der Waals surface area contributed by atoms with Crippen LogP contribution in [-0.2, 0) is 13.0 Å². The van der Waals surface area contributed by atoms with E-state index in [1.165, 1.54) is 5.56 Å². The van der Waals surface area contributed by atoms with Crippen LogP contribution in [0, 0.1) is 0 Å². The molecule has 0 aliphatic carbocycles. The van der Waals surface area contributed by atoms with Gasteiger partial charge in [0.15, 0.2) is 5.96 Å². The van der Waals surface area contributed by atoms with E-state index >= 15 is 0 Å². The Balaban J connectivity index is 1.80. The molecule has 0 unspecified atom stereocenters. The van der Waals surface area contributed by atoms with Crippen molar-refractivity contribution in [3.05, 3.63) is 57.8 Å². The fourth-order valence-corrected chi connectivity index (χ4v) is 2.81. The van der Waals surface area contributed by atoms with E-state index in [2.05, 4.69) is 37.8 Å². The maximum atomic E-state index is 11.6. The van der Waals surface area contributed by atoms with Crippen LogP contribution in [0.15, 0.2) is 46.1 Å². The first-order chi connectivity index (χ1) is 11.2. The van der Waals surface area contributed by atoms with E-state index in [-0.39, 0.29) is 5.91 Å². The Bertz CT molecular complexity index is 652. The first-order valence-electron chi connectivity index (χ1n) is 7.49. The van der Waals surface area contributed by atoms with E-state index in [1.807, 2.05) is 24.3 Å². The van der Waals surface area contributed by atoms with Crippen LogP contribution < -0.4 is 16.0 Å². The molecule has 1 heterocycles. The van der Waals surface area contributed by atoms with E-state index in [0.29, 0.717) is 5.56 Å². The van der Waals surface area contributed by atoms with Gasteiger partial charge in [-0.1, -0.05) is 12.1 Å². The van der Waals surface area contributed by atoms with Crippen LogP contribution in [-0.4, -0.2) is 32.5 Å². The number of rotatable bonds is 6. The summed E-state index contributed by atoms with van der Waals surface area (Å²) in [5, 5.41) is 13.4. The summed E-state index contributed by atoms with van der Waals surface area (Å²) in [4.78, 5) is 15.8. The van der Waals surface area contributed by atoms with Gasteiger partial charge in [0.1, 0.15) is 0 Å². The van der Waals surface area contributed by atoms with Crippen molar-refractivity contribution in [3.8, 4) is 0 Å². The first-order valence-corrected chi connectivity index (χ1v) is 8.44. The van der Waals surface area contributed by atoms with Gasteiger partial charge in [-0.25, -0.2) is 0 Å². The summed E-state index contributed by atoms with van der Waals surface area (Å²) in [6.45, 7) is 1.51. The quantitative estimate of drug-likeness (QED) is 0.561. The SMILES string of the molecule is CN=C(NCCc1cccc(C(=O)NC)c1)NCc1ccsc1. The highest BCUT2D eigenvalue weighted by atomic mass is 32.1. The van der Waals surface area contributed by atoms with Gasteiger partial charge in [0.05, 0.1) is 0 Å². The third kappa shape index (κ3) is 5.41. The number of carbonyl (C=O) groups is 1. The van der Waals surface area contributed by atoms with Crippen molar-refractivity contribution >= 4 is 23.2 Å². The Labute approximate surface area is 140 Å². The maximum Gasteiger partial charge on any atom is 0.251 e. The molecule has 0 aliphatic rings. The fourth-order valence-electron chi connectivity index (χ4n) is 2.14. The second kappa shape index (κ2) is 8.95. The molecular weight excluding hydrogens is 308 g/mol. The monoisotopic (exact) mass is 330 g/mol. The highest BCUT2D eigenvalue weighted by molar-refractivity contribution is 7.07. The van der Waals surface area contributed by atoms with Crippen molar-refractivity contribution in [1.82, 2.24) is 16.0 Å². The van der Waals surface area contributed by atoms with Crippen LogP contribution in [0.4, 0.5) is 0 Å². The number of nitrogens with one attached hydrogen (secondary N) is 3. The molecule has 23 heavy (non-hydrogen) atoms. The summed E-state index contributed by atoms with van der Waals surface area (Å²) in [7, 11) is 3.40. The average molecular weight is 330 g/mol. The van der Waals surface area contributed by atoms with E-state index < -0.39 is 0 Å². The summed E-state index contributed by atoms with van der Waals surface area (Å²) in [5.74, 6) is 0.715. The fraction of sp³-hybridized carbons (Fsp3) is 0.294. The average Bonchev–Trinajstić information content (AvgIpc) is 3.11. The minimum Gasteiger partial charge on any atom is -0.356 e. The number of hydrogen-bond donors (Lipinski definition) is 3. The first kappa shape index (κ1) is 17.0. The standard InChI is InChI=1S/C17H22N4OS/c1-18-16(22)15-5-3-4-13(10-15)6-8-20-17(19-2)21-11-14-7-9-23-12-14/h3-5,7,9-10,12H,6,8,11H2,1-2H3,(H,18,22)(H2,19,20,21). The lowest BCUT2D eigenvalue weighted by atomic mass is 10.1. The zero-order chi connectivity index (χ0) is 16.5. The van der Waals surface area contributed by atoms with Crippen molar-refractivity contribution in [2.24, 2.45) is 4.99 Å². The van der Waals surface area contributed by atoms with Crippen LogP contribution in [0.3, 0.4) is 0 Å². The van der Waals surface area contributed by atoms with E-state index in [0.717, 1.165) is 31.0 Å². The lowest BCUT2D eigenvalue weighted by Gasteiger charge is -2.11. The molecule has 1 amide bonds. The molecule has 1 aromatic carbocycles. The third-order valence-electron chi connectivity index (χ3n) is 3.39. The molecule has 6 heteroatoms. The van der Waals surface area contributed by atoms with Gasteiger partial charge in [-0.15, -0.1) is 0 Å². The van der Waals surface area contributed by atoms with Crippen LogP contribution in [0.1, 0.15) is 21.5 Å². The molecule has 5 nitrogen and oxygen atoms in total. The number of guanidine groups is 1. The van der Waals surface area contributed by atoms with Crippen molar-refractivity contribution < 1.29 is 4.79 Å². The predicted molar refractivity (Wildman–Crippen MR) is 96.1 cm³/mol. The summed E-state index contributed by atoms with van der Waals surface area (Å²) in [5.41, 5.74) is 3.05. The van der Waals surface area contributed by atoms with Crippen molar-refractivity contribution in [2.75, 3.05) is 20.6 Å². The number of benzene rings is 1. The van der Waals surface area contributed by atoms with Gasteiger partial charge in [0.2, 0.25) is 0 Å². The lowest BCUT2D eigenvalue weighted by Crippen LogP contribution is -2.37. The molecule has 2 aromatic rings. The molecule has 1 aromatic heterocycles. The second-order valence-electron chi connectivity index (χ2n) is 5.01. The molecule has 0 saturated heterocycles. The molecule has 0 atom stereocenters. The molecule has 0 aliphatic heterocycles. The van der Waals surface area contributed by atoms with E-state index in [9.17, 15) is 4.79 Å². The maximum absolute atomic E-state index is 11.6. The molecule has 3 N–H and O–H groups in total. The lowest BCUT2D eigenvalue weighted by molar-refractivity contribution is 0.0963. The normalized spacial score (nSPS) is 11.1. The minimum absolute atomic E-state index is 0.0620. The van der Waals surface area contributed by atoms with Gasteiger partial charge in [0.25, 0.3) is 5.91 Å². The van der Waals surface area contributed by atoms with Crippen molar-refractivity contribution in [2.45, 2.75) is 13.0 Å². The summed E-state index contributed by atoms with van der Waals surface area (Å²) in [6.07, 6.45) is 0.823. The highest BCUT2D eigenvalue weighted by Gasteiger charge is 2.04. The van der Waals surface area contributed by atoms with Gasteiger partial charge in [0, 0.05) is 32.7 Å². The number of aliphatic imine (C=N–C) groups is 1. The third-order valence-corrected chi connectivity index (χ3v) is 4.12. The van der Waals surface area contributed by atoms with Gasteiger partial charge >= 0.3 is 0 Å². The van der Waals surface area contributed by atoms with E-state index in [1.54, 1.807) is 25.4 Å². The largest absolute Gasteiger partial charge is 0.356 e. The van der Waals surface area contributed by atoms with Crippen LogP contribution in [0.2, 0.25) is 0 Å².